The molecule has 7 nitrogen and oxygen atoms in total. The van der Waals surface area contributed by atoms with Crippen molar-refractivity contribution in [2.75, 3.05) is 46.9 Å². The van der Waals surface area contributed by atoms with Gasteiger partial charge in [0.1, 0.15) is 6.61 Å². The summed E-state index contributed by atoms with van der Waals surface area (Å²) in [5.74, 6) is 0.364. The van der Waals surface area contributed by atoms with E-state index in [1.807, 2.05) is 29.1 Å². The largest absolute Gasteiger partial charge is 0.375 e. The number of aromatic nitrogens is 1. The molecule has 0 unspecified atom stereocenters. The van der Waals surface area contributed by atoms with Crippen LogP contribution in [0.5, 0.6) is 0 Å². The van der Waals surface area contributed by atoms with E-state index in [-0.39, 0.29) is 23.5 Å². The summed E-state index contributed by atoms with van der Waals surface area (Å²) in [7, 11) is 3.53. The van der Waals surface area contributed by atoms with E-state index in [9.17, 15) is 9.59 Å². The Morgan fingerprint density at radius 1 is 1.17 bits per heavy atom. The number of methoxy groups -OCH3 is 1. The molecule has 0 aliphatic carbocycles. The van der Waals surface area contributed by atoms with Crippen LogP contribution in [0.2, 0.25) is 0 Å². The predicted molar refractivity (Wildman–Crippen MR) is 109 cm³/mol. The van der Waals surface area contributed by atoms with Crippen molar-refractivity contribution in [3.8, 4) is 0 Å². The molecule has 0 bridgehead atoms. The van der Waals surface area contributed by atoms with Gasteiger partial charge in [-0.2, -0.15) is 0 Å². The lowest BCUT2D eigenvalue weighted by Gasteiger charge is -2.44. The van der Waals surface area contributed by atoms with Crippen molar-refractivity contribution >= 4 is 11.8 Å². The van der Waals surface area contributed by atoms with Gasteiger partial charge in [0.05, 0.1) is 5.41 Å². The Balaban J connectivity index is 1.38. The lowest BCUT2D eigenvalue weighted by atomic mass is 9.71. The van der Waals surface area contributed by atoms with E-state index < -0.39 is 0 Å². The molecule has 29 heavy (non-hydrogen) atoms. The molecule has 3 aliphatic heterocycles. The van der Waals surface area contributed by atoms with Gasteiger partial charge in [-0.1, -0.05) is 6.07 Å². The second-order valence-electron chi connectivity index (χ2n) is 9.00. The summed E-state index contributed by atoms with van der Waals surface area (Å²) in [6.45, 7) is 4.35. The highest BCUT2D eigenvalue weighted by Gasteiger charge is 2.58. The van der Waals surface area contributed by atoms with Crippen LogP contribution in [0.25, 0.3) is 0 Å². The first-order chi connectivity index (χ1) is 14.0. The fraction of sp³-hybridized carbons (Fsp3) is 0.682. The van der Waals surface area contributed by atoms with Gasteiger partial charge in [0.25, 0.3) is 0 Å². The minimum absolute atomic E-state index is 0.0488. The number of hydrogen-bond acceptors (Lipinski definition) is 5. The van der Waals surface area contributed by atoms with Crippen molar-refractivity contribution in [2.45, 2.75) is 44.2 Å². The molecule has 158 valence electrons. The van der Waals surface area contributed by atoms with Crippen molar-refractivity contribution in [1.82, 2.24) is 19.7 Å². The standard InChI is InChI=1S/C22H32N4O3/c1-24-20(28)21(5-10-25(11-6-21)15-18-4-3-9-23-14-18)17-22(24)7-12-26(13-8-22)19(27)16-29-2/h3-4,9,14H,5-8,10-13,15-17H2,1-2H3. The molecular formula is C22H32N4O3. The molecule has 2 amide bonds. The van der Waals surface area contributed by atoms with Gasteiger partial charge < -0.3 is 14.5 Å². The summed E-state index contributed by atoms with van der Waals surface area (Å²) < 4.78 is 4.99. The monoisotopic (exact) mass is 400 g/mol. The molecule has 1 aromatic rings. The number of nitrogens with zero attached hydrogens (tertiary/aromatic N) is 4. The van der Waals surface area contributed by atoms with Crippen LogP contribution >= 0.6 is 0 Å². The van der Waals surface area contributed by atoms with Gasteiger partial charge in [0.15, 0.2) is 0 Å². The fourth-order valence-electron chi connectivity index (χ4n) is 5.57. The molecule has 2 spiro atoms. The van der Waals surface area contributed by atoms with Crippen LogP contribution < -0.4 is 0 Å². The molecule has 0 N–H and O–H groups in total. The Kier molecular flexibility index (Phi) is 5.62. The lowest BCUT2D eigenvalue weighted by Crippen LogP contribution is -2.53. The highest BCUT2D eigenvalue weighted by Crippen LogP contribution is 2.52. The molecule has 4 heterocycles. The average molecular weight is 401 g/mol. The third kappa shape index (κ3) is 3.78. The summed E-state index contributed by atoms with van der Waals surface area (Å²) in [6.07, 6.45) is 8.23. The van der Waals surface area contributed by atoms with Crippen molar-refractivity contribution in [3.63, 3.8) is 0 Å². The van der Waals surface area contributed by atoms with Crippen molar-refractivity contribution in [3.05, 3.63) is 30.1 Å². The number of amides is 2. The minimum Gasteiger partial charge on any atom is -0.375 e. The second kappa shape index (κ2) is 8.03. The van der Waals surface area contributed by atoms with E-state index in [4.69, 9.17) is 4.74 Å². The Morgan fingerprint density at radius 2 is 1.90 bits per heavy atom. The Labute approximate surface area is 173 Å². The van der Waals surface area contributed by atoms with Gasteiger partial charge in [0.2, 0.25) is 11.8 Å². The van der Waals surface area contributed by atoms with E-state index in [1.54, 1.807) is 13.3 Å². The number of piperidine rings is 2. The summed E-state index contributed by atoms with van der Waals surface area (Å²) in [6, 6.07) is 4.09. The molecule has 3 fully saturated rings. The Hall–Kier alpha value is -1.99. The molecular weight excluding hydrogens is 368 g/mol. The number of pyridine rings is 1. The smallest absolute Gasteiger partial charge is 0.248 e. The maximum absolute atomic E-state index is 13.3. The zero-order valence-electron chi connectivity index (χ0n) is 17.6. The molecule has 3 aliphatic rings. The summed E-state index contributed by atoms with van der Waals surface area (Å²) in [4.78, 5) is 36.0. The van der Waals surface area contributed by atoms with Gasteiger partial charge in [-0.3, -0.25) is 19.5 Å². The highest BCUT2D eigenvalue weighted by molar-refractivity contribution is 5.86. The first-order valence-electron chi connectivity index (χ1n) is 10.6. The topological polar surface area (TPSA) is 66.0 Å². The van der Waals surface area contributed by atoms with Crippen LogP contribution in [0.15, 0.2) is 24.5 Å². The van der Waals surface area contributed by atoms with Crippen LogP contribution in [0.4, 0.5) is 0 Å². The molecule has 0 aromatic carbocycles. The van der Waals surface area contributed by atoms with Crippen LogP contribution in [-0.2, 0) is 20.9 Å². The van der Waals surface area contributed by atoms with Crippen LogP contribution in [-0.4, -0.2) is 84.0 Å². The first kappa shape index (κ1) is 20.3. The highest BCUT2D eigenvalue weighted by atomic mass is 16.5. The third-order valence-corrected chi connectivity index (χ3v) is 7.39. The Bertz CT molecular complexity index is 738. The first-order valence-corrected chi connectivity index (χ1v) is 10.6. The summed E-state index contributed by atoms with van der Waals surface area (Å²) in [5.41, 5.74) is 0.911. The second-order valence-corrected chi connectivity index (χ2v) is 9.00. The molecule has 0 atom stereocenters. The molecule has 7 heteroatoms. The number of carbonyl (C=O) groups is 2. The maximum Gasteiger partial charge on any atom is 0.248 e. The number of rotatable bonds is 4. The molecule has 0 saturated carbocycles. The minimum atomic E-state index is -0.223. The van der Waals surface area contributed by atoms with Gasteiger partial charge >= 0.3 is 0 Å². The van der Waals surface area contributed by atoms with Crippen molar-refractivity contribution < 1.29 is 14.3 Å². The summed E-state index contributed by atoms with van der Waals surface area (Å²) >= 11 is 0. The van der Waals surface area contributed by atoms with Gasteiger partial charge in [-0.15, -0.1) is 0 Å². The lowest BCUT2D eigenvalue weighted by molar-refractivity contribution is -0.140. The number of ether oxygens (including phenoxy) is 1. The van der Waals surface area contributed by atoms with E-state index in [2.05, 4.69) is 16.0 Å². The summed E-state index contributed by atoms with van der Waals surface area (Å²) in [5, 5.41) is 0. The molecule has 3 saturated heterocycles. The van der Waals surface area contributed by atoms with E-state index in [0.717, 1.165) is 51.7 Å². The van der Waals surface area contributed by atoms with Gasteiger partial charge in [-0.05, 0) is 56.8 Å². The molecule has 1 aromatic heterocycles. The zero-order valence-corrected chi connectivity index (χ0v) is 17.6. The molecule has 4 rings (SSSR count). The van der Waals surface area contributed by atoms with Crippen LogP contribution in [0.3, 0.4) is 0 Å². The van der Waals surface area contributed by atoms with Gasteiger partial charge in [-0.25, -0.2) is 0 Å². The van der Waals surface area contributed by atoms with E-state index in [1.165, 1.54) is 5.56 Å². The Morgan fingerprint density at radius 3 is 2.52 bits per heavy atom. The van der Waals surface area contributed by atoms with Crippen molar-refractivity contribution in [2.24, 2.45) is 5.41 Å². The number of likely N-dealkylation sites (tertiary alicyclic amines) is 3. The van der Waals surface area contributed by atoms with Crippen LogP contribution in [0, 0.1) is 5.41 Å². The SMILES string of the molecule is COCC(=O)N1CCC2(CC1)CC1(CCN(Cc3cccnc3)CC1)C(=O)N2C. The number of carbonyl (C=O) groups excluding carboxylic acids is 2. The molecule has 0 radical (unpaired) electrons. The van der Waals surface area contributed by atoms with Crippen molar-refractivity contribution in [1.29, 1.82) is 0 Å². The van der Waals surface area contributed by atoms with E-state index in [0.29, 0.717) is 19.0 Å². The predicted octanol–water partition coefficient (Wildman–Crippen LogP) is 1.53. The van der Waals surface area contributed by atoms with Gasteiger partial charge in [0, 0.05) is 51.7 Å². The number of hydrogen-bond donors (Lipinski definition) is 0. The normalized spacial score (nSPS) is 23.9. The fourth-order valence-corrected chi connectivity index (χ4v) is 5.57. The zero-order chi connectivity index (χ0) is 20.5. The quantitative estimate of drug-likeness (QED) is 0.767. The average Bonchev–Trinajstić information content (AvgIpc) is 2.93. The van der Waals surface area contributed by atoms with E-state index >= 15 is 0 Å². The third-order valence-electron chi connectivity index (χ3n) is 7.39. The van der Waals surface area contributed by atoms with Crippen LogP contribution in [0.1, 0.15) is 37.7 Å². The maximum atomic E-state index is 13.3.